The molecule has 0 spiro atoms. The van der Waals surface area contributed by atoms with Crippen LogP contribution in [-0.2, 0) is 9.53 Å². The maximum atomic E-state index is 13.1. The Morgan fingerprint density at radius 2 is 1.83 bits per heavy atom. The van der Waals surface area contributed by atoms with Gasteiger partial charge in [-0.1, -0.05) is 44.2 Å². The molecule has 0 bridgehead atoms. The second kappa shape index (κ2) is 11.6. The largest absolute Gasteiger partial charge is 0.467 e. The Morgan fingerprint density at radius 3 is 2.43 bits per heavy atom. The van der Waals surface area contributed by atoms with E-state index in [2.05, 4.69) is 23.3 Å². The van der Waals surface area contributed by atoms with Crippen molar-refractivity contribution in [2.24, 2.45) is 11.7 Å². The molecule has 0 aliphatic rings. The molecule has 0 heterocycles. The van der Waals surface area contributed by atoms with E-state index in [9.17, 15) is 9.59 Å². The van der Waals surface area contributed by atoms with Crippen molar-refractivity contribution in [2.45, 2.75) is 32.4 Å². The standard InChI is InChI=1S/C23H31N3O3S/c1-15(2)11-21(23(28)29-3)26-22(27)19-10-9-18(25-13-17(24)14-30)12-20(19)16-7-5-4-6-8-16/h4-10,12,15,17,21,25,30H,11,13-14,24H2,1-3H3,(H,26,27)/t17-,21?/m1/s1. The van der Waals surface area contributed by atoms with E-state index in [0.29, 0.717) is 24.3 Å². The lowest BCUT2D eigenvalue weighted by Crippen LogP contribution is -2.42. The smallest absolute Gasteiger partial charge is 0.328 e. The third kappa shape index (κ3) is 6.78. The number of esters is 1. The molecule has 0 aliphatic carbocycles. The first-order valence-corrected chi connectivity index (χ1v) is 10.7. The fourth-order valence-corrected chi connectivity index (χ4v) is 3.22. The minimum atomic E-state index is -0.697. The van der Waals surface area contributed by atoms with Crippen LogP contribution in [0.15, 0.2) is 48.5 Å². The molecule has 7 heteroatoms. The minimum absolute atomic E-state index is 0.0756. The number of ether oxygens (including phenoxy) is 1. The average Bonchev–Trinajstić information content (AvgIpc) is 2.76. The number of nitrogens with one attached hydrogen (secondary N) is 2. The van der Waals surface area contributed by atoms with Crippen LogP contribution in [0.4, 0.5) is 5.69 Å². The first-order chi connectivity index (χ1) is 14.3. The van der Waals surface area contributed by atoms with Crippen molar-refractivity contribution in [3.63, 3.8) is 0 Å². The van der Waals surface area contributed by atoms with Crippen molar-refractivity contribution in [1.29, 1.82) is 0 Å². The van der Waals surface area contributed by atoms with Crippen LogP contribution in [0.5, 0.6) is 0 Å². The number of carbonyl (C=O) groups excluding carboxylic acids is 2. The molecule has 2 aromatic rings. The lowest BCUT2D eigenvalue weighted by atomic mass is 9.97. The first kappa shape index (κ1) is 23.8. The Bertz CT molecular complexity index is 843. The summed E-state index contributed by atoms with van der Waals surface area (Å²) in [4.78, 5) is 25.2. The van der Waals surface area contributed by atoms with E-state index in [1.54, 1.807) is 6.07 Å². The number of nitrogens with two attached hydrogens (primary N) is 1. The van der Waals surface area contributed by atoms with E-state index in [-0.39, 0.29) is 17.9 Å². The second-order valence-corrected chi connectivity index (χ2v) is 7.99. The number of benzene rings is 2. The Hall–Kier alpha value is -2.51. The van der Waals surface area contributed by atoms with Gasteiger partial charge < -0.3 is 21.1 Å². The summed E-state index contributed by atoms with van der Waals surface area (Å²) in [6.45, 7) is 4.56. The summed E-state index contributed by atoms with van der Waals surface area (Å²) in [5, 5.41) is 6.13. The van der Waals surface area contributed by atoms with Crippen LogP contribution in [-0.4, -0.2) is 43.4 Å². The quantitative estimate of drug-likeness (QED) is 0.343. The molecule has 0 saturated carbocycles. The monoisotopic (exact) mass is 429 g/mol. The van der Waals surface area contributed by atoms with Crippen LogP contribution in [0, 0.1) is 5.92 Å². The number of amides is 1. The molecule has 162 valence electrons. The van der Waals surface area contributed by atoms with Gasteiger partial charge in [0.05, 0.1) is 7.11 Å². The molecule has 0 radical (unpaired) electrons. The van der Waals surface area contributed by atoms with Gasteiger partial charge in [0.2, 0.25) is 0 Å². The van der Waals surface area contributed by atoms with Crippen LogP contribution < -0.4 is 16.4 Å². The zero-order valence-corrected chi connectivity index (χ0v) is 18.6. The zero-order valence-electron chi connectivity index (χ0n) is 17.7. The molecule has 0 aromatic heterocycles. The molecule has 1 unspecified atom stereocenters. The number of methoxy groups -OCH3 is 1. The summed E-state index contributed by atoms with van der Waals surface area (Å²) in [5.74, 6) is 0.0375. The van der Waals surface area contributed by atoms with Crippen molar-refractivity contribution in [3.05, 3.63) is 54.1 Å². The molecular formula is C23H31N3O3S. The van der Waals surface area contributed by atoms with E-state index in [0.717, 1.165) is 16.8 Å². The van der Waals surface area contributed by atoms with Crippen molar-refractivity contribution in [1.82, 2.24) is 5.32 Å². The highest BCUT2D eigenvalue weighted by Gasteiger charge is 2.24. The molecule has 2 rings (SSSR count). The molecule has 1 amide bonds. The number of hydrogen-bond donors (Lipinski definition) is 4. The fraction of sp³-hybridized carbons (Fsp3) is 0.391. The molecule has 6 nitrogen and oxygen atoms in total. The SMILES string of the molecule is COC(=O)C(CC(C)C)NC(=O)c1ccc(NC[C@@H](N)CS)cc1-c1ccccc1. The summed E-state index contributed by atoms with van der Waals surface area (Å²) < 4.78 is 4.87. The van der Waals surface area contributed by atoms with Gasteiger partial charge in [-0.25, -0.2) is 4.79 Å². The maximum Gasteiger partial charge on any atom is 0.328 e. The average molecular weight is 430 g/mol. The van der Waals surface area contributed by atoms with Crippen LogP contribution in [0.1, 0.15) is 30.6 Å². The third-order valence-corrected chi connectivity index (χ3v) is 5.12. The minimum Gasteiger partial charge on any atom is -0.467 e. The Kier molecular flexibility index (Phi) is 9.20. The van der Waals surface area contributed by atoms with E-state index >= 15 is 0 Å². The number of hydrogen-bond acceptors (Lipinski definition) is 6. The van der Waals surface area contributed by atoms with Crippen molar-refractivity contribution in [2.75, 3.05) is 24.7 Å². The van der Waals surface area contributed by atoms with Gasteiger partial charge in [0.25, 0.3) is 5.91 Å². The summed E-state index contributed by atoms with van der Waals surface area (Å²) >= 11 is 4.21. The fourth-order valence-electron chi connectivity index (χ4n) is 3.09. The van der Waals surface area contributed by atoms with Gasteiger partial charge in [0.1, 0.15) is 6.04 Å². The van der Waals surface area contributed by atoms with Crippen LogP contribution in [0.25, 0.3) is 11.1 Å². The summed E-state index contributed by atoms with van der Waals surface area (Å²) in [7, 11) is 1.33. The molecule has 0 fully saturated rings. The number of thiol groups is 1. The normalized spacial score (nSPS) is 12.9. The summed E-state index contributed by atoms with van der Waals surface area (Å²) in [6.07, 6.45) is 0.500. The molecule has 2 aromatic carbocycles. The van der Waals surface area contributed by atoms with Gasteiger partial charge in [-0.3, -0.25) is 4.79 Å². The van der Waals surface area contributed by atoms with Gasteiger partial charge >= 0.3 is 5.97 Å². The van der Waals surface area contributed by atoms with Gasteiger partial charge in [-0.05, 0) is 41.7 Å². The van der Waals surface area contributed by atoms with Crippen LogP contribution in [0.3, 0.4) is 0 Å². The summed E-state index contributed by atoms with van der Waals surface area (Å²) in [6, 6.07) is 14.4. The Morgan fingerprint density at radius 1 is 1.13 bits per heavy atom. The van der Waals surface area contributed by atoms with Gasteiger partial charge in [-0.15, -0.1) is 0 Å². The van der Waals surface area contributed by atoms with Crippen molar-refractivity contribution in [3.8, 4) is 11.1 Å². The molecule has 2 atom stereocenters. The topological polar surface area (TPSA) is 93.4 Å². The summed E-state index contributed by atoms with van der Waals surface area (Å²) in [5.41, 5.74) is 8.96. The lowest BCUT2D eigenvalue weighted by Gasteiger charge is -2.20. The highest BCUT2D eigenvalue weighted by atomic mass is 32.1. The number of carbonyl (C=O) groups is 2. The zero-order chi connectivity index (χ0) is 22.1. The van der Waals surface area contributed by atoms with E-state index in [4.69, 9.17) is 10.5 Å². The van der Waals surface area contributed by atoms with Crippen LogP contribution >= 0.6 is 12.6 Å². The van der Waals surface area contributed by atoms with Gasteiger partial charge in [0, 0.05) is 29.6 Å². The molecule has 0 aliphatic heterocycles. The van der Waals surface area contributed by atoms with Gasteiger partial charge in [0.15, 0.2) is 0 Å². The highest BCUT2D eigenvalue weighted by Crippen LogP contribution is 2.27. The number of anilines is 1. The van der Waals surface area contributed by atoms with E-state index < -0.39 is 12.0 Å². The predicted octanol–water partition coefficient (Wildman–Crippen LogP) is 3.34. The molecular weight excluding hydrogens is 398 g/mol. The van der Waals surface area contributed by atoms with E-state index in [1.165, 1.54) is 7.11 Å². The Balaban J connectivity index is 2.35. The second-order valence-electron chi connectivity index (χ2n) is 7.63. The van der Waals surface area contributed by atoms with Gasteiger partial charge in [-0.2, -0.15) is 12.6 Å². The molecule has 0 saturated heterocycles. The number of rotatable bonds is 10. The van der Waals surface area contributed by atoms with Crippen molar-refractivity contribution < 1.29 is 14.3 Å². The first-order valence-electron chi connectivity index (χ1n) is 10.0. The third-order valence-electron chi connectivity index (χ3n) is 4.65. The van der Waals surface area contributed by atoms with E-state index in [1.807, 2.05) is 56.3 Å². The molecule has 4 N–H and O–H groups in total. The maximum absolute atomic E-state index is 13.1. The molecule has 30 heavy (non-hydrogen) atoms. The highest BCUT2D eigenvalue weighted by molar-refractivity contribution is 7.80. The van der Waals surface area contributed by atoms with Crippen molar-refractivity contribution >= 4 is 30.2 Å². The van der Waals surface area contributed by atoms with Crippen LogP contribution in [0.2, 0.25) is 0 Å². The predicted molar refractivity (Wildman–Crippen MR) is 125 cm³/mol. The lowest BCUT2D eigenvalue weighted by molar-refractivity contribution is -0.143. The Labute approximate surface area is 184 Å².